The summed E-state index contributed by atoms with van der Waals surface area (Å²) >= 11 is 0. The molecule has 1 fully saturated rings. The van der Waals surface area contributed by atoms with Gasteiger partial charge in [-0.05, 0) is 55.0 Å². The molecule has 0 bridgehead atoms. The second-order valence-electron chi connectivity index (χ2n) is 8.78. The summed E-state index contributed by atoms with van der Waals surface area (Å²) in [7, 11) is 1.94. The van der Waals surface area contributed by atoms with Gasteiger partial charge in [-0.3, -0.25) is 9.58 Å². The van der Waals surface area contributed by atoms with E-state index in [-0.39, 0.29) is 5.60 Å². The van der Waals surface area contributed by atoms with Crippen LogP contribution in [0.25, 0.3) is 0 Å². The number of imidazole rings is 1. The Labute approximate surface area is 183 Å². The normalized spacial score (nSPS) is 18.3. The molecule has 5 rings (SSSR count). The molecule has 2 aliphatic rings. The Hall–Kier alpha value is -2.64. The zero-order chi connectivity index (χ0) is 21.3. The number of rotatable bonds is 6. The molecule has 31 heavy (non-hydrogen) atoms. The zero-order valence-corrected chi connectivity index (χ0v) is 18.4. The van der Waals surface area contributed by atoms with Crippen molar-refractivity contribution in [3.05, 3.63) is 65.0 Å². The standard InChI is InChI=1S/C24H31N5O2/c1-18-23(26-17-25-18)16-29-9-7-24(8-10-29)22-4-3-21(13-20(22)6-12-31-24)30-11-5-19-14-27-28(2)15-19/h3-4,13-15,17H,5-12,16H2,1-2H3,(H,25,26). The first-order chi connectivity index (χ1) is 15.1. The quantitative estimate of drug-likeness (QED) is 0.662. The summed E-state index contributed by atoms with van der Waals surface area (Å²) in [6.07, 6.45) is 9.58. The number of H-pyrrole nitrogens is 1. The minimum Gasteiger partial charge on any atom is -0.493 e. The third-order valence-corrected chi connectivity index (χ3v) is 6.71. The fraction of sp³-hybridized carbons (Fsp3) is 0.500. The van der Waals surface area contributed by atoms with Crippen LogP contribution in [-0.2, 0) is 36.8 Å². The van der Waals surface area contributed by atoms with Gasteiger partial charge in [0, 0.05) is 45.0 Å². The van der Waals surface area contributed by atoms with Crippen LogP contribution in [0.4, 0.5) is 0 Å². The van der Waals surface area contributed by atoms with Gasteiger partial charge in [-0.1, -0.05) is 6.07 Å². The van der Waals surface area contributed by atoms with E-state index in [1.54, 1.807) is 6.33 Å². The van der Waals surface area contributed by atoms with E-state index < -0.39 is 0 Å². The summed E-state index contributed by atoms with van der Waals surface area (Å²) in [6.45, 7) is 6.48. The molecular formula is C24H31N5O2. The van der Waals surface area contributed by atoms with E-state index in [4.69, 9.17) is 9.47 Å². The van der Waals surface area contributed by atoms with E-state index in [1.807, 2.05) is 24.1 Å². The molecule has 1 aromatic carbocycles. The maximum Gasteiger partial charge on any atom is 0.119 e. The molecule has 4 heterocycles. The Morgan fingerprint density at radius 2 is 2.13 bits per heavy atom. The summed E-state index contributed by atoms with van der Waals surface area (Å²) in [6, 6.07) is 6.57. The van der Waals surface area contributed by atoms with Crippen molar-refractivity contribution in [1.29, 1.82) is 0 Å². The third kappa shape index (κ3) is 4.25. The van der Waals surface area contributed by atoms with Crippen molar-refractivity contribution < 1.29 is 9.47 Å². The van der Waals surface area contributed by atoms with Crippen LogP contribution in [0.5, 0.6) is 5.75 Å². The first-order valence-electron chi connectivity index (χ1n) is 11.2. The molecule has 3 aromatic rings. The van der Waals surface area contributed by atoms with Gasteiger partial charge >= 0.3 is 0 Å². The van der Waals surface area contributed by atoms with Crippen LogP contribution in [-0.4, -0.2) is 51.0 Å². The van der Waals surface area contributed by atoms with Crippen molar-refractivity contribution in [3.63, 3.8) is 0 Å². The number of hydrogen-bond acceptors (Lipinski definition) is 5. The number of fused-ring (bicyclic) bond motifs is 2. The fourth-order valence-corrected chi connectivity index (χ4v) is 4.88. The lowest BCUT2D eigenvalue weighted by atomic mass is 9.79. The van der Waals surface area contributed by atoms with E-state index in [0.717, 1.165) is 69.1 Å². The minimum absolute atomic E-state index is 0.154. The minimum atomic E-state index is -0.154. The number of aromatic nitrogens is 4. The number of nitrogens with zero attached hydrogens (tertiary/aromatic N) is 4. The molecule has 0 saturated carbocycles. The van der Waals surface area contributed by atoms with Gasteiger partial charge in [-0.15, -0.1) is 0 Å². The predicted molar refractivity (Wildman–Crippen MR) is 118 cm³/mol. The van der Waals surface area contributed by atoms with Crippen LogP contribution >= 0.6 is 0 Å². The van der Waals surface area contributed by atoms with Gasteiger partial charge in [0.25, 0.3) is 0 Å². The molecule has 2 aliphatic heterocycles. The summed E-state index contributed by atoms with van der Waals surface area (Å²) in [4.78, 5) is 10.1. The van der Waals surface area contributed by atoms with E-state index >= 15 is 0 Å². The molecule has 7 heteroatoms. The first kappa shape index (κ1) is 20.3. The number of hydrogen-bond donors (Lipinski definition) is 1. The van der Waals surface area contributed by atoms with Gasteiger partial charge in [0.1, 0.15) is 5.75 Å². The lowest BCUT2D eigenvalue weighted by Crippen LogP contribution is -2.46. The molecule has 164 valence electrons. The largest absolute Gasteiger partial charge is 0.493 e. The molecule has 7 nitrogen and oxygen atoms in total. The third-order valence-electron chi connectivity index (χ3n) is 6.71. The van der Waals surface area contributed by atoms with Crippen molar-refractivity contribution in [1.82, 2.24) is 24.6 Å². The molecule has 1 saturated heterocycles. The molecule has 0 aliphatic carbocycles. The van der Waals surface area contributed by atoms with Crippen LogP contribution in [0, 0.1) is 6.92 Å². The van der Waals surface area contributed by atoms with Crippen molar-refractivity contribution in [2.45, 2.75) is 44.8 Å². The smallest absolute Gasteiger partial charge is 0.119 e. The van der Waals surface area contributed by atoms with Crippen molar-refractivity contribution >= 4 is 0 Å². The van der Waals surface area contributed by atoms with Crippen LogP contribution in [0.1, 0.15) is 40.9 Å². The van der Waals surface area contributed by atoms with E-state index in [1.165, 1.54) is 16.7 Å². The van der Waals surface area contributed by atoms with E-state index in [0.29, 0.717) is 6.61 Å². The van der Waals surface area contributed by atoms with Gasteiger partial charge < -0.3 is 14.5 Å². The number of benzene rings is 1. The van der Waals surface area contributed by atoms with Crippen molar-refractivity contribution in [2.75, 3.05) is 26.3 Å². The number of aryl methyl sites for hydroxylation is 2. The van der Waals surface area contributed by atoms with Crippen LogP contribution < -0.4 is 4.74 Å². The number of ether oxygens (including phenoxy) is 2. The second-order valence-corrected chi connectivity index (χ2v) is 8.78. The van der Waals surface area contributed by atoms with Crippen LogP contribution in [0.2, 0.25) is 0 Å². The first-order valence-corrected chi connectivity index (χ1v) is 11.2. The fourth-order valence-electron chi connectivity index (χ4n) is 4.88. The Kier molecular flexibility index (Phi) is 5.54. The molecule has 2 aromatic heterocycles. The highest BCUT2D eigenvalue weighted by Gasteiger charge is 2.40. The van der Waals surface area contributed by atoms with E-state index in [2.05, 4.69) is 45.1 Å². The molecule has 0 amide bonds. The van der Waals surface area contributed by atoms with Crippen molar-refractivity contribution in [2.24, 2.45) is 7.05 Å². The van der Waals surface area contributed by atoms with Gasteiger partial charge in [-0.25, -0.2) is 4.98 Å². The highest BCUT2D eigenvalue weighted by atomic mass is 16.5. The maximum absolute atomic E-state index is 6.42. The zero-order valence-electron chi connectivity index (χ0n) is 18.4. The Morgan fingerprint density at radius 3 is 2.87 bits per heavy atom. The average Bonchev–Trinajstić information content (AvgIpc) is 3.38. The van der Waals surface area contributed by atoms with Crippen LogP contribution in [0.3, 0.4) is 0 Å². The molecule has 0 atom stereocenters. The van der Waals surface area contributed by atoms with Gasteiger partial charge in [0.05, 0.1) is 37.0 Å². The molecule has 1 spiro atoms. The lowest BCUT2D eigenvalue weighted by Gasteiger charge is -2.45. The lowest BCUT2D eigenvalue weighted by molar-refractivity contribution is -0.0990. The van der Waals surface area contributed by atoms with Gasteiger partial charge in [0.15, 0.2) is 0 Å². The molecule has 0 unspecified atom stereocenters. The van der Waals surface area contributed by atoms with Crippen molar-refractivity contribution in [3.8, 4) is 5.75 Å². The van der Waals surface area contributed by atoms with Gasteiger partial charge in [-0.2, -0.15) is 5.10 Å². The topological polar surface area (TPSA) is 68.2 Å². The summed E-state index contributed by atoms with van der Waals surface area (Å²) in [5.41, 5.74) is 6.09. The number of likely N-dealkylation sites (tertiary alicyclic amines) is 1. The highest BCUT2D eigenvalue weighted by Crippen LogP contribution is 2.42. The highest BCUT2D eigenvalue weighted by molar-refractivity contribution is 5.41. The number of piperidine rings is 1. The number of aromatic amines is 1. The molecular weight excluding hydrogens is 390 g/mol. The summed E-state index contributed by atoms with van der Waals surface area (Å²) in [5, 5.41) is 4.22. The Morgan fingerprint density at radius 1 is 1.26 bits per heavy atom. The number of nitrogens with one attached hydrogen (secondary N) is 1. The Bertz CT molecular complexity index is 1030. The molecule has 0 radical (unpaired) electrons. The van der Waals surface area contributed by atoms with Gasteiger partial charge in [0.2, 0.25) is 0 Å². The Balaban J connectivity index is 1.22. The predicted octanol–water partition coefficient (Wildman–Crippen LogP) is 3.14. The van der Waals surface area contributed by atoms with Crippen LogP contribution in [0.15, 0.2) is 36.9 Å². The average molecular weight is 422 g/mol. The monoisotopic (exact) mass is 421 g/mol. The molecule has 1 N–H and O–H groups in total. The second kappa shape index (κ2) is 8.48. The SMILES string of the molecule is Cc1[nH]cnc1CN1CCC2(CC1)OCCc1cc(OCCc3cnn(C)c3)ccc12. The summed E-state index contributed by atoms with van der Waals surface area (Å²) in [5.74, 6) is 0.950. The van der Waals surface area contributed by atoms with E-state index in [9.17, 15) is 0 Å². The maximum atomic E-state index is 6.42. The summed E-state index contributed by atoms with van der Waals surface area (Å²) < 4.78 is 14.3.